The Morgan fingerprint density at radius 3 is 2.08 bits per heavy atom. The largest absolute Gasteiger partial charge is 0.465 e. The van der Waals surface area contributed by atoms with E-state index >= 15 is 0 Å². The highest BCUT2D eigenvalue weighted by molar-refractivity contribution is 5.77. The fourth-order valence-corrected chi connectivity index (χ4v) is 5.26. The fraction of sp³-hybridized carbons (Fsp3) is 0.895. The number of hydrogen-bond acceptors (Lipinski definition) is 4. The normalized spacial score (nSPS) is 34.0. The molecule has 5 heteroatoms. The van der Waals surface area contributed by atoms with E-state index in [1.165, 1.54) is 19.3 Å². The van der Waals surface area contributed by atoms with Gasteiger partial charge in [-0.1, -0.05) is 0 Å². The number of carbonyl (C=O) groups is 2. The Bertz CT molecular complexity index is 459. The average molecular weight is 337 g/mol. The van der Waals surface area contributed by atoms with Crippen molar-refractivity contribution in [1.29, 1.82) is 0 Å². The summed E-state index contributed by atoms with van der Waals surface area (Å²) in [7, 11) is 0. The molecule has 0 spiro atoms. The highest BCUT2D eigenvalue weighted by Gasteiger charge is 2.55. The van der Waals surface area contributed by atoms with Crippen molar-refractivity contribution < 1.29 is 19.1 Å². The number of carbonyl (C=O) groups excluding carboxylic acids is 2. The van der Waals surface area contributed by atoms with Crippen LogP contribution in [0.4, 0.5) is 4.79 Å². The van der Waals surface area contributed by atoms with Crippen LogP contribution in [0, 0.1) is 23.2 Å². The molecular formula is C19H31NO4. The lowest BCUT2D eigenvalue weighted by atomic mass is 9.49. The van der Waals surface area contributed by atoms with Gasteiger partial charge in [0.05, 0.1) is 12.0 Å². The van der Waals surface area contributed by atoms with Crippen molar-refractivity contribution in [1.82, 2.24) is 5.32 Å². The van der Waals surface area contributed by atoms with Gasteiger partial charge in [0, 0.05) is 6.54 Å². The molecule has 0 unspecified atom stereocenters. The molecule has 4 rings (SSSR count). The monoisotopic (exact) mass is 337 g/mol. The van der Waals surface area contributed by atoms with Gasteiger partial charge in [-0.25, -0.2) is 4.79 Å². The van der Waals surface area contributed by atoms with E-state index in [0.29, 0.717) is 19.6 Å². The molecule has 0 atom stereocenters. The first kappa shape index (κ1) is 17.6. The van der Waals surface area contributed by atoms with Crippen molar-refractivity contribution in [2.75, 3.05) is 13.2 Å². The number of alkyl carbamates (subject to hydrolysis) is 1. The molecular weight excluding hydrogens is 306 g/mol. The van der Waals surface area contributed by atoms with Gasteiger partial charge >= 0.3 is 12.1 Å². The van der Waals surface area contributed by atoms with Gasteiger partial charge in [-0.05, 0) is 83.5 Å². The molecule has 4 saturated carbocycles. The molecule has 5 nitrogen and oxygen atoms in total. The Balaban J connectivity index is 1.37. The number of nitrogens with one attached hydrogen (secondary N) is 1. The zero-order valence-corrected chi connectivity index (χ0v) is 15.2. The van der Waals surface area contributed by atoms with Gasteiger partial charge < -0.3 is 14.8 Å². The SMILES string of the molecule is CC(C)(C)OC(=O)NCCCOC(=O)C12CC3CC(CC(C3)C1)C2. The molecule has 24 heavy (non-hydrogen) atoms. The van der Waals surface area contributed by atoms with Gasteiger partial charge in [0.1, 0.15) is 5.60 Å². The summed E-state index contributed by atoms with van der Waals surface area (Å²) in [5.41, 5.74) is -0.678. The molecule has 1 amide bonds. The van der Waals surface area contributed by atoms with Crippen LogP contribution in [-0.4, -0.2) is 30.8 Å². The Morgan fingerprint density at radius 2 is 1.58 bits per heavy atom. The minimum Gasteiger partial charge on any atom is -0.465 e. The van der Waals surface area contributed by atoms with Crippen LogP contribution in [0.1, 0.15) is 65.7 Å². The number of esters is 1. The lowest BCUT2D eigenvalue weighted by Crippen LogP contribution is -2.50. The number of hydrogen-bond donors (Lipinski definition) is 1. The van der Waals surface area contributed by atoms with Crippen LogP contribution in [0.25, 0.3) is 0 Å². The second-order valence-electron chi connectivity index (χ2n) is 9.12. The van der Waals surface area contributed by atoms with Crippen LogP contribution in [0.15, 0.2) is 0 Å². The van der Waals surface area contributed by atoms with Crippen LogP contribution >= 0.6 is 0 Å². The van der Waals surface area contributed by atoms with E-state index in [4.69, 9.17) is 9.47 Å². The molecule has 4 aliphatic carbocycles. The maximum Gasteiger partial charge on any atom is 0.407 e. The first-order chi connectivity index (χ1) is 11.3. The molecule has 0 radical (unpaired) electrons. The molecule has 0 aliphatic heterocycles. The lowest BCUT2D eigenvalue weighted by molar-refractivity contribution is -0.171. The van der Waals surface area contributed by atoms with Crippen LogP contribution in [0.2, 0.25) is 0 Å². The van der Waals surface area contributed by atoms with Crippen molar-refractivity contribution in [3.63, 3.8) is 0 Å². The quantitative estimate of drug-likeness (QED) is 0.614. The van der Waals surface area contributed by atoms with E-state index in [1.807, 2.05) is 20.8 Å². The Kier molecular flexibility index (Phi) is 4.80. The van der Waals surface area contributed by atoms with Crippen molar-refractivity contribution in [3.05, 3.63) is 0 Å². The Labute approximate surface area is 144 Å². The summed E-state index contributed by atoms with van der Waals surface area (Å²) in [4.78, 5) is 24.2. The van der Waals surface area contributed by atoms with Crippen molar-refractivity contribution in [2.45, 2.75) is 71.3 Å². The maximum atomic E-state index is 12.6. The van der Waals surface area contributed by atoms with Crippen LogP contribution < -0.4 is 5.32 Å². The summed E-state index contributed by atoms with van der Waals surface area (Å²) in [5, 5.41) is 2.70. The second kappa shape index (κ2) is 6.57. The minimum atomic E-state index is -0.491. The molecule has 0 saturated heterocycles. The molecule has 4 fully saturated rings. The predicted octanol–water partition coefficient (Wildman–Crippen LogP) is 3.66. The van der Waals surface area contributed by atoms with Gasteiger partial charge in [0.2, 0.25) is 0 Å². The van der Waals surface area contributed by atoms with Gasteiger partial charge in [0.15, 0.2) is 0 Å². The molecule has 1 N–H and O–H groups in total. The third-order valence-electron chi connectivity index (χ3n) is 5.69. The molecule has 0 heterocycles. The summed E-state index contributed by atoms with van der Waals surface area (Å²) >= 11 is 0. The molecule has 0 aromatic rings. The highest BCUT2D eigenvalue weighted by atomic mass is 16.6. The first-order valence-electron chi connectivity index (χ1n) is 9.40. The number of rotatable bonds is 5. The van der Waals surface area contributed by atoms with E-state index in [0.717, 1.165) is 37.0 Å². The summed E-state index contributed by atoms with van der Waals surface area (Å²) < 4.78 is 10.8. The molecule has 0 aromatic carbocycles. The molecule has 4 bridgehead atoms. The summed E-state index contributed by atoms with van der Waals surface area (Å²) in [5.74, 6) is 2.26. The van der Waals surface area contributed by atoms with E-state index in [-0.39, 0.29) is 11.4 Å². The Hall–Kier alpha value is -1.26. The summed E-state index contributed by atoms with van der Waals surface area (Å²) in [6.07, 6.45) is 7.29. The van der Waals surface area contributed by atoms with Crippen LogP contribution in [0.3, 0.4) is 0 Å². The standard InChI is InChI=1S/C19H31NO4/c1-18(2,3)24-17(22)20-5-4-6-23-16(21)19-10-13-7-14(11-19)9-15(8-13)12-19/h13-15H,4-12H2,1-3H3,(H,20,22). The van der Waals surface area contributed by atoms with Crippen LogP contribution in [-0.2, 0) is 14.3 Å². The lowest BCUT2D eigenvalue weighted by Gasteiger charge is -2.55. The summed E-state index contributed by atoms with van der Waals surface area (Å²) in [6, 6.07) is 0. The predicted molar refractivity (Wildman–Crippen MR) is 90.4 cm³/mol. The van der Waals surface area contributed by atoms with Gasteiger partial charge in [-0.15, -0.1) is 0 Å². The van der Waals surface area contributed by atoms with Crippen molar-refractivity contribution >= 4 is 12.1 Å². The topological polar surface area (TPSA) is 64.6 Å². The van der Waals surface area contributed by atoms with Crippen molar-refractivity contribution in [3.8, 4) is 0 Å². The van der Waals surface area contributed by atoms with Crippen LogP contribution in [0.5, 0.6) is 0 Å². The fourth-order valence-electron chi connectivity index (χ4n) is 5.26. The second-order valence-corrected chi connectivity index (χ2v) is 9.12. The molecule has 136 valence electrons. The average Bonchev–Trinajstić information content (AvgIpc) is 2.43. The third kappa shape index (κ3) is 4.04. The van der Waals surface area contributed by atoms with Gasteiger partial charge in [-0.3, -0.25) is 4.79 Å². The van der Waals surface area contributed by atoms with E-state index in [1.54, 1.807) is 0 Å². The third-order valence-corrected chi connectivity index (χ3v) is 5.69. The van der Waals surface area contributed by atoms with Gasteiger partial charge in [-0.2, -0.15) is 0 Å². The zero-order chi connectivity index (χ0) is 17.4. The smallest absolute Gasteiger partial charge is 0.407 e. The summed E-state index contributed by atoms with van der Waals surface area (Å²) in [6.45, 7) is 6.33. The maximum absolute atomic E-state index is 12.6. The Morgan fingerprint density at radius 1 is 1.04 bits per heavy atom. The van der Waals surface area contributed by atoms with E-state index in [2.05, 4.69) is 5.32 Å². The van der Waals surface area contributed by atoms with E-state index in [9.17, 15) is 9.59 Å². The molecule has 4 aliphatic rings. The van der Waals surface area contributed by atoms with Gasteiger partial charge in [0.25, 0.3) is 0 Å². The van der Waals surface area contributed by atoms with Crippen molar-refractivity contribution in [2.24, 2.45) is 23.2 Å². The number of ether oxygens (including phenoxy) is 2. The number of amides is 1. The zero-order valence-electron chi connectivity index (χ0n) is 15.2. The minimum absolute atomic E-state index is 0.0128. The molecule has 0 aromatic heterocycles. The first-order valence-corrected chi connectivity index (χ1v) is 9.40. The highest BCUT2D eigenvalue weighted by Crippen LogP contribution is 2.60. The van der Waals surface area contributed by atoms with E-state index < -0.39 is 11.7 Å².